The molecule has 2 amide bonds. The molecule has 0 radical (unpaired) electrons. The monoisotopic (exact) mass is 405 g/mol. The summed E-state index contributed by atoms with van der Waals surface area (Å²) >= 11 is 0. The molecule has 0 spiro atoms. The summed E-state index contributed by atoms with van der Waals surface area (Å²) in [5, 5.41) is 3.12. The number of hydrogen-bond acceptors (Lipinski definition) is 3. The van der Waals surface area contributed by atoms with E-state index in [1.165, 1.54) is 0 Å². The lowest BCUT2D eigenvalue weighted by Gasteiger charge is -2.41. The first-order valence-electron chi connectivity index (χ1n) is 11.1. The third-order valence-corrected chi connectivity index (χ3v) is 6.54. The molecule has 2 aliphatic rings. The van der Waals surface area contributed by atoms with Crippen LogP contribution in [0.15, 0.2) is 48.8 Å². The van der Waals surface area contributed by atoms with Crippen molar-refractivity contribution >= 4 is 11.8 Å². The maximum atomic E-state index is 13.6. The smallest absolute Gasteiger partial charge is 0.246 e. The van der Waals surface area contributed by atoms with Gasteiger partial charge in [-0.3, -0.25) is 14.6 Å². The van der Waals surface area contributed by atoms with Gasteiger partial charge in [-0.15, -0.1) is 0 Å². The van der Waals surface area contributed by atoms with Crippen LogP contribution in [0.2, 0.25) is 0 Å². The molecule has 1 saturated carbocycles. The van der Waals surface area contributed by atoms with E-state index in [1.54, 1.807) is 12.4 Å². The van der Waals surface area contributed by atoms with Crippen LogP contribution < -0.4 is 5.32 Å². The fraction of sp³-hybridized carbons (Fsp3) is 0.480. The molecule has 1 saturated heterocycles. The Hall–Kier alpha value is -2.69. The first-order valence-corrected chi connectivity index (χ1v) is 11.1. The van der Waals surface area contributed by atoms with Gasteiger partial charge in [-0.05, 0) is 68.4 Å². The molecular weight excluding hydrogens is 374 g/mol. The van der Waals surface area contributed by atoms with Crippen molar-refractivity contribution < 1.29 is 9.59 Å². The number of carbonyl (C=O) groups is 2. The molecule has 1 aromatic carbocycles. The molecule has 5 heteroatoms. The molecule has 1 aromatic heterocycles. The first-order chi connectivity index (χ1) is 14.5. The van der Waals surface area contributed by atoms with E-state index in [1.807, 2.05) is 43.0 Å². The fourth-order valence-corrected chi connectivity index (χ4v) is 4.77. The minimum atomic E-state index is -0.819. The molecule has 1 atom stereocenters. The summed E-state index contributed by atoms with van der Waals surface area (Å²) in [6.45, 7) is 4.62. The number of likely N-dealkylation sites (tertiary alicyclic amines) is 1. The van der Waals surface area contributed by atoms with Crippen molar-refractivity contribution in [2.24, 2.45) is 5.92 Å². The number of nitrogens with one attached hydrogen (secondary N) is 1. The summed E-state index contributed by atoms with van der Waals surface area (Å²) in [7, 11) is 0. The van der Waals surface area contributed by atoms with E-state index in [9.17, 15) is 9.59 Å². The second-order valence-electron chi connectivity index (χ2n) is 8.95. The van der Waals surface area contributed by atoms with Gasteiger partial charge in [-0.1, -0.05) is 30.7 Å². The molecule has 1 aliphatic carbocycles. The number of pyridine rings is 1. The van der Waals surface area contributed by atoms with Crippen molar-refractivity contribution in [2.75, 3.05) is 6.54 Å². The number of amides is 2. The lowest BCUT2D eigenvalue weighted by molar-refractivity contribution is -0.150. The predicted molar refractivity (Wildman–Crippen MR) is 118 cm³/mol. The van der Waals surface area contributed by atoms with E-state index >= 15 is 0 Å². The Labute approximate surface area is 178 Å². The average Bonchev–Trinajstić information content (AvgIpc) is 3.12. The molecule has 30 heavy (non-hydrogen) atoms. The van der Waals surface area contributed by atoms with E-state index in [0.29, 0.717) is 19.4 Å². The Morgan fingerprint density at radius 3 is 2.53 bits per heavy atom. The van der Waals surface area contributed by atoms with Crippen LogP contribution in [0.1, 0.15) is 51.5 Å². The number of aromatic nitrogens is 1. The molecule has 2 aromatic rings. The van der Waals surface area contributed by atoms with E-state index in [-0.39, 0.29) is 23.8 Å². The zero-order valence-electron chi connectivity index (χ0n) is 17.9. The third kappa shape index (κ3) is 3.85. The minimum Gasteiger partial charge on any atom is -0.352 e. The van der Waals surface area contributed by atoms with Crippen LogP contribution in [-0.4, -0.2) is 39.8 Å². The lowest BCUT2D eigenvalue weighted by Crippen LogP contribution is -2.61. The van der Waals surface area contributed by atoms with Crippen LogP contribution in [0.5, 0.6) is 0 Å². The molecule has 0 bridgehead atoms. The quantitative estimate of drug-likeness (QED) is 0.791. The summed E-state index contributed by atoms with van der Waals surface area (Å²) < 4.78 is 0. The summed E-state index contributed by atoms with van der Waals surface area (Å²) in [4.78, 5) is 32.9. The van der Waals surface area contributed by atoms with Crippen molar-refractivity contribution in [1.29, 1.82) is 0 Å². The molecular formula is C25H31N3O2. The minimum absolute atomic E-state index is 0.0211. The van der Waals surface area contributed by atoms with E-state index in [0.717, 1.165) is 42.4 Å². The molecule has 158 valence electrons. The number of hydrogen-bond donors (Lipinski definition) is 1. The molecule has 2 fully saturated rings. The van der Waals surface area contributed by atoms with E-state index in [4.69, 9.17) is 0 Å². The summed E-state index contributed by atoms with van der Waals surface area (Å²) in [5.74, 6) is 0.232. The maximum Gasteiger partial charge on any atom is 0.246 e. The van der Waals surface area contributed by atoms with Crippen LogP contribution in [0, 0.1) is 5.92 Å². The SMILES string of the molecule is CC(C)NC(=O)C1(Cc2ccccc2-c2ccncc2)CCCN1C(=O)C1CCC1. The van der Waals surface area contributed by atoms with Crippen molar-refractivity contribution in [3.8, 4) is 11.1 Å². The van der Waals surface area contributed by atoms with Crippen LogP contribution >= 0.6 is 0 Å². The van der Waals surface area contributed by atoms with Gasteiger partial charge in [-0.25, -0.2) is 0 Å². The largest absolute Gasteiger partial charge is 0.352 e. The molecule has 1 unspecified atom stereocenters. The summed E-state index contributed by atoms with van der Waals surface area (Å²) in [6, 6.07) is 12.2. The molecule has 4 rings (SSSR count). The topological polar surface area (TPSA) is 62.3 Å². The Morgan fingerprint density at radius 2 is 1.87 bits per heavy atom. The highest BCUT2D eigenvalue weighted by Crippen LogP contribution is 2.39. The lowest BCUT2D eigenvalue weighted by atomic mass is 9.80. The Morgan fingerprint density at radius 1 is 1.13 bits per heavy atom. The van der Waals surface area contributed by atoms with Crippen LogP contribution in [0.4, 0.5) is 0 Å². The van der Waals surface area contributed by atoms with Gasteiger partial charge in [0.05, 0.1) is 0 Å². The first kappa shape index (κ1) is 20.6. The van der Waals surface area contributed by atoms with E-state index in [2.05, 4.69) is 22.4 Å². The average molecular weight is 406 g/mol. The zero-order chi connectivity index (χ0) is 21.1. The Kier molecular flexibility index (Phi) is 5.89. The van der Waals surface area contributed by atoms with Gasteiger partial charge in [0.15, 0.2) is 0 Å². The van der Waals surface area contributed by atoms with Crippen LogP contribution in [0.25, 0.3) is 11.1 Å². The number of carbonyl (C=O) groups excluding carboxylic acids is 2. The maximum absolute atomic E-state index is 13.6. The Bertz CT molecular complexity index is 908. The summed E-state index contributed by atoms with van der Waals surface area (Å²) in [5.41, 5.74) is 2.45. The third-order valence-electron chi connectivity index (χ3n) is 6.54. The second kappa shape index (κ2) is 8.58. The van der Waals surface area contributed by atoms with Gasteiger partial charge in [0.1, 0.15) is 5.54 Å². The highest BCUT2D eigenvalue weighted by atomic mass is 16.2. The molecule has 5 nitrogen and oxygen atoms in total. The van der Waals surface area contributed by atoms with Gasteiger partial charge >= 0.3 is 0 Å². The summed E-state index contributed by atoms with van der Waals surface area (Å²) in [6.07, 6.45) is 8.68. The van der Waals surface area contributed by atoms with Gasteiger partial charge in [0.2, 0.25) is 11.8 Å². The number of rotatable bonds is 6. The fourth-order valence-electron chi connectivity index (χ4n) is 4.77. The van der Waals surface area contributed by atoms with Crippen LogP contribution in [0.3, 0.4) is 0 Å². The number of benzene rings is 1. The predicted octanol–water partition coefficient (Wildman–Crippen LogP) is 3.98. The van der Waals surface area contributed by atoms with Crippen LogP contribution in [-0.2, 0) is 16.0 Å². The highest BCUT2D eigenvalue weighted by molar-refractivity contribution is 5.93. The Balaban J connectivity index is 1.73. The van der Waals surface area contributed by atoms with Crippen molar-refractivity contribution in [2.45, 2.75) is 64.0 Å². The highest BCUT2D eigenvalue weighted by Gasteiger charge is 2.51. The molecule has 1 aliphatic heterocycles. The van der Waals surface area contributed by atoms with Gasteiger partial charge in [0, 0.05) is 37.3 Å². The van der Waals surface area contributed by atoms with Crippen molar-refractivity contribution in [3.63, 3.8) is 0 Å². The second-order valence-corrected chi connectivity index (χ2v) is 8.95. The van der Waals surface area contributed by atoms with Crippen molar-refractivity contribution in [3.05, 3.63) is 54.4 Å². The zero-order valence-corrected chi connectivity index (χ0v) is 17.9. The van der Waals surface area contributed by atoms with Crippen molar-refractivity contribution in [1.82, 2.24) is 15.2 Å². The standard InChI is InChI=1S/C25H31N3O2/c1-18(2)27-24(30)25(13-6-16-28(25)23(29)20-8-5-9-20)17-21-7-3-4-10-22(21)19-11-14-26-15-12-19/h3-4,7,10-12,14-15,18,20H,5-6,8-9,13,16-17H2,1-2H3,(H,27,30). The van der Waals surface area contributed by atoms with Gasteiger partial charge in [-0.2, -0.15) is 0 Å². The van der Waals surface area contributed by atoms with E-state index < -0.39 is 5.54 Å². The van der Waals surface area contributed by atoms with Gasteiger partial charge < -0.3 is 10.2 Å². The van der Waals surface area contributed by atoms with Gasteiger partial charge in [0.25, 0.3) is 0 Å². The number of nitrogens with zero attached hydrogens (tertiary/aromatic N) is 2. The molecule has 2 heterocycles. The molecule has 1 N–H and O–H groups in total. The normalized spacial score (nSPS) is 21.5.